The molecule has 0 radical (unpaired) electrons. The number of hydrogen-bond acceptors (Lipinski definition) is 2. The monoisotopic (exact) mass is 252 g/mol. The third-order valence-electron chi connectivity index (χ3n) is 2.97. The maximum absolute atomic E-state index is 13.9. The van der Waals surface area contributed by atoms with E-state index in [0.29, 0.717) is 22.6 Å². The van der Waals surface area contributed by atoms with E-state index in [4.69, 9.17) is 4.42 Å². The zero-order valence-electron chi connectivity index (χ0n) is 10.4. The summed E-state index contributed by atoms with van der Waals surface area (Å²) in [5.74, 6) is -0.431. The van der Waals surface area contributed by atoms with Crippen LogP contribution >= 0.6 is 0 Å². The van der Waals surface area contributed by atoms with Crippen molar-refractivity contribution in [2.75, 3.05) is 0 Å². The number of aliphatic hydroxyl groups excluding tert-OH is 1. The van der Waals surface area contributed by atoms with Crippen LogP contribution in [0.2, 0.25) is 0 Å². The van der Waals surface area contributed by atoms with Crippen molar-refractivity contribution in [2.45, 2.75) is 26.9 Å². The molecular weight excluding hydrogens is 238 g/mol. The Morgan fingerprint density at radius 3 is 2.39 bits per heavy atom. The number of furan rings is 1. The van der Waals surface area contributed by atoms with E-state index in [0.717, 1.165) is 6.07 Å². The van der Waals surface area contributed by atoms with Crippen molar-refractivity contribution in [3.05, 3.63) is 58.0 Å². The van der Waals surface area contributed by atoms with Gasteiger partial charge in [-0.15, -0.1) is 0 Å². The van der Waals surface area contributed by atoms with Gasteiger partial charge in [0.15, 0.2) is 0 Å². The molecule has 0 spiro atoms. The largest absolute Gasteiger partial charge is 0.466 e. The fourth-order valence-electron chi connectivity index (χ4n) is 2.01. The first kappa shape index (κ1) is 12.8. The van der Waals surface area contributed by atoms with Gasteiger partial charge < -0.3 is 9.52 Å². The third kappa shape index (κ3) is 2.04. The first-order valence-corrected chi connectivity index (χ1v) is 5.61. The molecule has 1 heterocycles. The van der Waals surface area contributed by atoms with Gasteiger partial charge in [0.1, 0.15) is 29.3 Å². The molecule has 0 aliphatic carbocycles. The Morgan fingerprint density at radius 2 is 1.83 bits per heavy atom. The zero-order chi connectivity index (χ0) is 13.4. The Bertz CT molecular complexity index is 588. The quantitative estimate of drug-likeness (QED) is 0.886. The second-order valence-corrected chi connectivity index (χ2v) is 4.36. The molecule has 4 heteroatoms. The molecule has 2 aromatic rings. The van der Waals surface area contributed by atoms with E-state index in [1.165, 1.54) is 13.0 Å². The van der Waals surface area contributed by atoms with Crippen molar-refractivity contribution in [3.63, 3.8) is 0 Å². The van der Waals surface area contributed by atoms with Crippen LogP contribution in [0.4, 0.5) is 8.78 Å². The summed E-state index contributed by atoms with van der Waals surface area (Å²) >= 11 is 0. The Kier molecular flexibility index (Phi) is 3.22. The molecule has 0 bridgehead atoms. The molecule has 1 N–H and O–H groups in total. The van der Waals surface area contributed by atoms with Crippen LogP contribution in [-0.2, 0) is 0 Å². The lowest BCUT2D eigenvalue weighted by atomic mass is 9.99. The zero-order valence-corrected chi connectivity index (χ0v) is 10.4. The summed E-state index contributed by atoms with van der Waals surface area (Å²) in [6, 6.07) is 4.08. The molecule has 18 heavy (non-hydrogen) atoms. The number of hydrogen-bond donors (Lipinski definition) is 1. The molecule has 0 aliphatic rings. The van der Waals surface area contributed by atoms with E-state index in [2.05, 4.69) is 0 Å². The van der Waals surface area contributed by atoms with E-state index in [1.54, 1.807) is 19.9 Å². The van der Waals surface area contributed by atoms with Gasteiger partial charge in [-0.1, -0.05) is 6.07 Å². The molecule has 0 fully saturated rings. The molecule has 2 rings (SSSR count). The minimum Gasteiger partial charge on any atom is -0.466 e. The molecule has 96 valence electrons. The predicted octanol–water partition coefficient (Wildman–Crippen LogP) is 3.56. The second-order valence-electron chi connectivity index (χ2n) is 4.36. The van der Waals surface area contributed by atoms with Gasteiger partial charge in [0.05, 0.1) is 5.56 Å². The van der Waals surface area contributed by atoms with Crippen LogP contribution in [0.25, 0.3) is 0 Å². The summed E-state index contributed by atoms with van der Waals surface area (Å²) in [5.41, 5.74) is 0.345. The van der Waals surface area contributed by atoms with E-state index in [9.17, 15) is 13.9 Å². The normalized spacial score (nSPS) is 12.8. The average molecular weight is 252 g/mol. The lowest BCUT2D eigenvalue weighted by Crippen LogP contribution is -2.07. The molecule has 0 amide bonds. The number of benzene rings is 1. The molecule has 0 saturated carbocycles. The van der Waals surface area contributed by atoms with Gasteiger partial charge in [-0.05, 0) is 38.5 Å². The van der Waals surface area contributed by atoms with Gasteiger partial charge >= 0.3 is 0 Å². The molecule has 1 atom stereocenters. The maximum Gasteiger partial charge on any atom is 0.135 e. The molecule has 1 unspecified atom stereocenters. The van der Waals surface area contributed by atoms with Crippen molar-refractivity contribution in [3.8, 4) is 0 Å². The SMILES string of the molecule is Cc1cc(C(O)c2c(F)ccc(C)c2F)c(C)o1. The fourth-order valence-corrected chi connectivity index (χ4v) is 2.01. The van der Waals surface area contributed by atoms with Crippen LogP contribution in [0.5, 0.6) is 0 Å². The van der Waals surface area contributed by atoms with E-state index in [-0.39, 0.29) is 5.56 Å². The molecule has 0 aliphatic heterocycles. The van der Waals surface area contributed by atoms with Gasteiger partial charge in [0.2, 0.25) is 0 Å². The van der Waals surface area contributed by atoms with Crippen molar-refractivity contribution in [1.82, 2.24) is 0 Å². The van der Waals surface area contributed by atoms with Crippen molar-refractivity contribution < 1.29 is 18.3 Å². The molecular formula is C14H14F2O2. The van der Waals surface area contributed by atoms with Crippen LogP contribution in [0, 0.1) is 32.4 Å². The van der Waals surface area contributed by atoms with E-state index >= 15 is 0 Å². The smallest absolute Gasteiger partial charge is 0.135 e. The molecule has 1 aromatic heterocycles. The maximum atomic E-state index is 13.9. The van der Waals surface area contributed by atoms with Gasteiger partial charge in [0, 0.05) is 5.56 Å². The molecule has 0 saturated heterocycles. The summed E-state index contributed by atoms with van der Waals surface area (Å²) in [6.45, 7) is 4.89. The number of halogens is 2. The van der Waals surface area contributed by atoms with E-state index in [1.807, 2.05) is 0 Å². The van der Waals surface area contributed by atoms with Crippen LogP contribution in [0.1, 0.15) is 34.3 Å². The van der Waals surface area contributed by atoms with Crippen molar-refractivity contribution in [2.24, 2.45) is 0 Å². The topological polar surface area (TPSA) is 33.4 Å². The Balaban J connectivity index is 2.56. The van der Waals surface area contributed by atoms with Crippen LogP contribution in [0.15, 0.2) is 22.6 Å². The number of aryl methyl sites for hydroxylation is 3. The standard InChI is InChI=1S/C14H14F2O2/c1-7-4-5-11(15)12(13(7)16)14(17)10-6-8(2)18-9(10)3/h4-6,14,17H,1-3H3. The predicted molar refractivity (Wildman–Crippen MR) is 63.3 cm³/mol. The minimum absolute atomic E-state index is 0.295. The lowest BCUT2D eigenvalue weighted by molar-refractivity contribution is 0.206. The minimum atomic E-state index is -1.36. The molecule has 1 aromatic carbocycles. The highest BCUT2D eigenvalue weighted by atomic mass is 19.1. The third-order valence-corrected chi connectivity index (χ3v) is 2.97. The summed E-state index contributed by atoms with van der Waals surface area (Å²) in [5, 5.41) is 10.1. The number of rotatable bonds is 2. The summed E-state index contributed by atoms with van der Waals surface area (Å²) in [4.78, 5) is 0. The first-order chi connectivity index (χ1) is 8.41. The highest BCUT2D eigenvalue weighted by molar-refractivity contribution is 5.36. The van der Waals surface area contributed by atoms with Crippen molar-refractivity contribution >= 4 is 0 Å². The summed E-state index contributed by atoms with van der Waals surface area (Å²) < 4.78 is 32.8. The van der Waals surface area contributed by atoms with Crippen molar-refractivity contribution in [1.29, 1.82) is 0 Å². The Hall–Kier alpha value is -1.68. The highest BCUT2D eigenvalue weighted by Crippen LogP contribution is 2.31. The first-order valence-electron chi connectivity index (χ1n) is 5.61. The van der Waals surface area contributed by atoms with Gasteiger partial charge in [-0.2, -0.15) is 0 Å². The summed E-state index contributed by atoms with van der Waals surface area (Å²) in [6.07, 6.45) is -1.36. The Morgan fingerprint density at radius 1 is 1.17 bits per heavy atom. The average Bonchev–Trinajstić information content (AvgIpc) is 2.63. The van der Waals surface area contributed by atoms with Crippen LogP contribution < -0.4 is 0 Å². The van der Waals surface area contributed by atoms with Crippen LogP contribution in [-0.4, -0.2) is 5.11 Å². The Labute approximate surface area is 104 Å². The van der Waals surface area contributed by atoms with Gasteiger partial charge in [-0.3, -0.25) is 0 Å². The summed E-state index contributed by atoms with van der Waals surface area (Å²) in [7, 11) is 0. The molecule has 2 nitrogen and oxygen atoms in total. The fraction of sp³-hybridized carbons (Fsp3) is 0.286. The van der Waals surface area contributed by atoms with E-state index < -0.39 is 17.7 Å². The number of aliphatic hydroxyl groups is 1. The van der Waals surface area contributed by atoms with Crippen LogP contribution in [0.3, 0.4) is 0 Å². The highest BCUT2D eigenvalue weighted by Gasteiger charge is 2.24. The lowest BCUT2D eigenvalue weighted by Gasteiger charge is -2.13. The second kappa shape index (κ2) is 4.53. The van der Waals surface area contributed by atoms with Gasteiger partial charge in [-0.25, -0.2) is 8.78 Å². The van der Waals surface area contributed by atoms with Gasteiger partial charge in [0.25, 0.3) is 0 Å².